The van der Waals surface area contributed by atoms with Crippen LogP contribution in [0.3, 0.4) is 0 Å². The third-order valence-electron chi connectivity index (χ3n) is 19.2. The number of aryl methyl sites for hydroxylation is 2. The lowest BCUT2D eigenvalue weighted by molar-refractivity contribution is -0.138. The Balaban J connectivity index is 0.000000706. The minimum absolute atomic E-state index is 0.0128. The molecule has 9 aromatic carbocycles. The van der Waals surface area contributed by atoms with Crippen LogP contribution in [0.25, 0.3) is 0 Å². The lowest BCUT2D eigenvalue weighted by Gasteiger charge is -2.12. The van der Waals surface area contributed by atoms with Crippen molar-refractivity contribution >= 4 is 23.2 Å². The molecule has 0 amide bonds. The molecule has 22 heteroatoms. The van der Waals surface area contributed by atoms with Crippen molar-refractivity contribution in [1.29, 1.82) is 57.9 Å². The second kappa shape index (κ2) is 55.6. The van der Waals surface area contributed by atoms with Crippen LogP contribution >= 0.6 is 23.2 Å². The molecule has 1 heterocycles. The van der Waals surface area contributed by atoms with Crippen molar-refractivity contribution in [3.8, 4) is 72.5 Å². The fraction of sp³-hybridized carbons (Fsp3) is 0.333. The third-order valence-corrected chi connectivity index (χ3v) is 19.8. The quantitative estimate of drug-likeness (QED) is 0.109. The molecule has 127 heavy (non-hydrogen) atoms. The van der Waals surface area contributed by atoms with Gasteiger partial charge in [0.15, 0.2) is 5.69 Å². The summed E-state index contributed by atoms with van der Waals surface area (Å²) in [6.45, 7) is 44.7. The largest absolute Gasteiger partial charge is 0.495 e. The zero-order valence-electron chi connectivity index (χ0n) is 76.3. The van der Waals surface area contributed by atoms with Crippen LogP contribution in [0.2, 0.25) is 10.0 Å². The van der Waals surface area contributed by atoms with E-state index in [2.05, 4.69) is 138 Å². The number of pyridine rings is 1. The average Bonchev–Trinajstić information content (AvgIpc) is 0.815. The van der Waals surface area contributed by atoms with Gasteiger partial charge in [-0.15, -0.1) is 0 Å². The Kier molecular flexibility index (Phi) is 48.8. The number of methoxy groups -OCH3 is 1. The van der Waals surface area contributed by atoms with E-state index in [9.17, 15) is 30.7 Å². The molecule has 0 saturated heterocycles. The van der Waals surface area contributed by atoms with Gasteiger partial charge >= 0.3 is 12.4 Å². The van der Waals surface area contributed by atoms with Crippen LogP contribution in [0.15, 0.2) is 182 Å². The fourth-order valence-corrected chi connectivity index (χ4v) is 11.3. The maximum atomic E-state index is 13.0. The number of hydrogen-bond acceptors (Lipinski definition) is 13. The first kappa shape index (κ1) is 111. The van der Waals surface area contributed by atoms with Gasteiger partial charge in [0.25, 0.3) is 0 Å². The van der Waals surface area contributed by atoms with Gasteiger partial charge in [0.2, 0.25) is 0 Å². The molecule has 1 aromatic heterocycles. The SMILES string of the molecule is CC(C)c1ccc(C#N)c(C#N)c1.CC(C)c1ccc(C#N)c(C(F)(F)F)c1.CC(C)c1ccc(C#N)c(C(F)(F)F)c1.CC(C)c1ccc(C#N)c(Cl)c1.CC(C)c1ccc(C#N)c(F)c1.CC(C)c1ccc(C#N)cc1.CC(C)c1cnc(C#N)c(Cl)c1.COc1cc(C(C)C)ccc1C#N.Cc1cc(C(C)C)ccc1C#N.Cc1cc(C(C)C)ccc1C#N. The first-order valence-corrected chi connectivity index (χ1v) is 41.5. The van der Waals surface area contributed by atoms with E-state index in [1.54, 1.807) is 80.0 Å². The Morgan fingerprint density at radius 3 is 0.843 bits per heavy atom. The summed E-state index contributed by atoms with van der Waals surface area (Å²) >= 11 is 11.6. The van der Waals surface area contributed by atoms with E-state index >= 15 is 0 Å². The van der Waals surface area contributed by atoms with Gasteiger partial charge in [0.1, 0.15) is 48.0 Å². The van der Waals surface area contributed by atoms with Gasteiger partial charge in [-0.25, -0.2) is 9.37 Å². The molecule has 658 valence electrons. The van der Waals surface area contributed by atoms with Crippen molar-refractivity contribution in [2.24, 2.45) is 0 Å². The predicted octanol–water partition coefficient (Wildman–Crippen LogP) is 30.2. The lowest BCUT2D eigenvalue weighted by Crippen LogP contribution is -2.08. The Bertz CT molecular complexity index is 5290. The van der Waals surface area contributed by atoms with Crippen molar-refractivity contribution in [2.75, 3.05) is 7.11 Å². The summed E-state index contributed by atoms with van der Waals surface area (Å²) in [4.78, 5) is 3.92. The highest BCUT2D eigenvalue weighted by molar-refractivity contribution is 6.32. The molecule has 0 N–H and O–H groups in total. The summed E-state index contributed by atoms with van der Waals surface area (Å²) in [5.41, 5.74) is 15.0. The molecular formula is C105H109Cl2F7N12O. The van der Waals surface area contributed by atoms with Gasteiger partial charge in [-0.1, -0.05) is 234 Å². The van der Waals surface area contributed by atoms with Crippen LogP contribution < -0.4 is 4.74 Å². The van der Waals surface area contributed by atoms with Gasteiger partial charge in [-0.3, -0.25) is 0 Å². The summed E-state index contributed by atoms with van der Waals surface area (Å²) in [6.07, 6.45) is -7.24. The zero-order valence-corrected chi connectivity index (χ0v) is 77.8. The molecule has 0 saturated carbocycles. The average molecular weight is 1760 g/mol. The molecular weight excluding hydrogens is 1650 g/mol. The standard InChI is InChI=1S/2C11H10F3N.C11H10N2.C11H13NO.2C11H13N.C10H10ClN.C10H10FN.C10H11N.C9H9ClN2/c2*1-7(2)8-3-4-9(6-15)10(5-8)11(12,13)14;1-8(2)9-3-4-10(6-12)11(5-9)7-13;1-8(2)9-4-5-10(7-12)11(6-9)13-3;2*1-8(2)10-4-5-11(7-12)9(3)6-10;2*1-7(2)8-3-4-9(6-12)10(11)5-8;1-8(2)10-5-3-9(7-11)4-6-10;1-6(2)7-3-8(10)9(4-11)12-5-7/h2*3-5,7H,1-2H3;3-5,8H,1-2H3;4-6,8H,1-3H3;2*4-6,8H,1-3H3;2*3-5,7H,1-2H3;3-6,8H,1-2H3;3,5-6H,1-2H3. The first-order chi connectivity index (χ1) is 59.6. The van der Waals surface area contributed by atoms with Gasteiger partial charge in [-0.2, -0.15) is 84.2 Å². The molecule has 0 bridgehead atoms. The molecule has 0 aliphatic carbocycles. The predicted molar refractivity (Wildman–Crippen MR) is 491 cm³/mol. The van der Waals surface area contributed by atoms with Crippen LogP contribution in [-0.4, -0.2) is 12.1 Å². The fourth-order valence-electron chi connectivity index (χ4n) is 10.9. The Labute approximate surface area is 757 Å². The molecule has 0 aliphatic heterocycles. The Morgan fingerprint density at radius 2 is 0.551 bits per heavy atom. The number of nitriles is 11. The monoisotopic (exact) mass is 1760 g/mol. The number of rotatable bonds is 11. The smallest absolute Gasteiger partial charge is 0.417 e. The van der Waals surface area contributed by atoms with E-state index in [4.69, 9.17) is 85.8 Å². The van der Waals surface area contributed by atoms with E-state index in [0.29, 0.717) is 102 Å². The van der Waals surface area contributed by atoms with Crippen LogP contribution in [0.1, 0.15) is 337 Å². The van der Waals surface area contributed by atoms with Crippen molar-refractivity contribution in [3.63, 3.8) is 0 Å². The van der Waals surface area contributed by atoms with Crippen LogP contribution in [-0.2, 0) is 12.4 Å². The molecule has 10 aromatic rings. The topological polar surface area (TPSA) is 284 Å². The van der Waals surface area contributed by atoms with Crippen LogP contribution in [0, 0.1) is 144 Å². The summed E-state index contributed by atoms with van der Waals surface area (Å²) in [5, 5.41) is 95.8. The number of aromatic nitrogens is 1. The molecule has 0 atom stereocenters. The van der Waals surface area contributed by atoms with Gasteiger partial charge in [0.05, 0.1) is 114 Å². The van der Waals surface area contributed by atoms with E-state index in [-0.39, 0.29) is 28.5 Å². The Morgan fingerprint density at radius 1 is 0.276 bits per heavy atom. The van der Waals surface area contributed by atoms with Crippen LogP contribution in [0.4, 0.5) is 30.7 Å². The van der Waals surface area contributed by atoms with Crippen LogP contribution in [0.5, 0.6) is 5.75 Å². The normalized spacial score (nSPS) is 10.2. The molecule has 0 spiro atoms. The number of hydrogen-bond donors (Lipinski definition) is 0. The minimum Gasteiger partial charge on any atom is -0.495 e. The van der Waals surface area contributed by atoms with Crippen molar-refractivity contribution in [1.82, 2.24) is 4.98 Å². The number of nitrogens with zero attached hydrogens (tertiary/aromatic N) is 12. The number of alkyl halides is 6. The maximum Gasteiger partial charge on any atom is 0.417 e. The van der Waals surface area contributed by atoms with E-state index in [1.807, 2.05) is 159 Å². The molecule has 13 nitrogen and oxygen atoms in total. The second-order valence-electron chi connectivity index (χ2n) is 32.0. The van der Waals surface area contributed by atoms with E-state index < -0.39 is 29.3 Å². The van der Waals surface area contributed by atoms with Gasteiger partial charge < -0.3 is 4.74 Å². The highest BCUT2D eigenvalue weighted by Gasteiger charge is 2.35. The van der Waals surface area contributed by atoms with Crippen molar-refractivity contribution in [2.45, 2.75) is 224 Å². The van der Waals surface area contributed by atoms with Crippen molar-refractivity contribution in [3.05, 3.63) is 337 Å². The highest BCUT2D eigenvalue weighted by atomic mass is 35.5. The highest BCUT2D eigenvalue weighted by Crippen LogP contribution is 2.36. The maximum absolute atomic E-state index is 13.0. The second-order valence-corrected chi connectivity index (χ2v) is 32.8. The summed E-state index contributed by atoms with van der Waals surface area (Å²) in [6, 6.07) is 71.8. The lowest BCUT2D eigenvalue weighted by atomic mass is 9.97. The van der Waals surface area contributed by atoms with Gasteiger partial charge in [-0.05, 0) is 243 Å². The molecule has 0 aliphatic rings. The Hall–Kier alpha value is -13.6. The van der Waals surface area contributed by atoms with E-state index in [0.717, 1.165) is 56.6 Å². The molecule has 0 fully saturated rings. The third kappa shape index (κ3) is 38.2. The first-order valence-electron chi connectivity index (χ1n) is 40.8. The van der Waals surface area contributed by atoms with E-state index in [1.165, 1.54) is 52.1 Å². The summed E-state index contributed by atoms with van der Waals surface area (Å²) in [7, 11) is 1.58. The number of benzene rings is 9. The summed E-state index contributed by atoms with van der Waals surface area (Å²) < 4.78 is 93.3. The number of ether oxygens (including phenoxy) is 1. The molecule has 0 unspecified atom stereocenters. The molecule has 0 radical (unpaired) electrons. The van der Waals surface area contributed by atoms with Crippen molar-refractivity contribution < 1.29 is 35.5 Å². The van der Waals surface area contributed by atoms with Gasteiger partial charge in [0, 0.05) is 6.20 Å². The summed E-state index contributed by atoms with van der Waals surface area (Å²) in [5.74, 6) is 3.87. The number of halogens is 9. The zero-order chi connectivity index (χ0) is 96.9. The molecule has 10 rings (SSSR count). The minimum atomic E-state index is -4.46.